The van der Waals surface area contributed by atoms with Crippen LogP contribution in [-0.2, 0) is 16.0 Å². The van der Waals surface area contributed by atoms with Gasteiger partial charge in [-0.05, 0) is 37.0 Å². The lowest BCUT2D eigenvalue weighted by Gasteiger charge is -2.08. The van der Waals surface area contributed by atoms with Crippen LogP contribution >= 0.6 is 0 Å². The van der Waals surface area contributed by atoms with Gasteiger partial charge in [-0.25, -0.2) is 9.97 Å². The Hall–Kier alpha value is -2.23. The van der Waals surface area contributed by atoms with Crippen LogP contribution in [0.3, 0.4) is 0 Å². The highest BCUT2D eigenvalue weighted by Gasteiger charge is 2.08. The average molecular weight is 270 g/mol. The molecule has 104 valence electrons. The molecule has 0 aliphatic heterocycles. The topological polar surface area (TPSA) is 52.1 Å². The summed E-state index contributed by atoms with van der Waals surface area (Å²) in [5.41, 5.74) is 4.33. The summed E-state index contributed by atoms with van der Waals surface area (Å²) in [4.78, 5) is 19.9. The lowest BCUT2D eigenvalue weighted by molar-refractivity contribution is -0.140. The molecule has 0 aliphatic rings. The average Bonchev–Trinajstić information content (AvgIpc) is 2.46. The molecule has 1 aromatic heterocycles. The fourth-order valence-electron chi connectivity index (χ4n) is 2.13. The van der Waals surface area contributed by atoms with E-state index in [1.165, 1.54) is 7.11 Å². The van der Waals surface area contributed by atoms with E-state index in [-0.39, 0.29) is 5.97 Å². The Bertz CT molecular complexity index is 586. The molecule has 0 fully saturated rings. The molecule has 20 heavy (non-hydrogen) atoms. The molecule has 0 radical (unpaired) electrons. The van der Waals surface area contributed by atoms with Crippen molar-refractivity contribution in [1.82, 2.24) is 9.97 Å². The first kappa shape index (κ1) is 14.2. The molecule has 0 saturated carbocycles. The molecule has 0 N–H and O–H groups in total. The molecule has 0 aliphatic carbocycles. The van der Waals surface area contributed by atoms with Gasteiger partial charge in [-0.1, -0.05) is 18.2 Å². The Morgan fingerprint density at radius 2 is 1.75 bits per heavy atom. The van der Waals surface area contributed by atoms with E-state index in [1.807, 2.05) is 6.07 Å². The molecule has 0 unspecified atom stereocenters. The van der Waals surface area contributed by atoms with Crippen LogP contribution in [0.2, 0.25) is 0 Å². The summed E-state index contributed by atoms with van der Waals surface area (Å²) < 4.78 is 4.62. The molecule has 0 atom stereocenters. The standard InChI is InChI=1S/C16H18N2O2/c1-11-5-4-6-12(2)15(11)16-17-9-13(10-18-16)7-8-14(19)20-3/h4-6,9-10H,7-8H2,1-3H3. The number of nitrogens with zero attached hydrogens (tertiary/aromatic N) is 2. The molecule has 2 aromatic rings. The summed E-state index contributed by atoms with van der Waals surface area (Å²) in [5.74, 6) is 0.506. The van der Waals surface area contributed by atoms with Crippen LogP contribution < -0.4 is 0 Å². The predicted octanol–water partition coefficient (Wildman–Crippen LogP) is 2.87. The maximum absolute atomic E-state index is 11.1. The van der Waals surface area contributed by atoms with E-state index >= 15 is 0 Å². The zero-order chi connectivity index (χ0) is 14.5. The maximum atomic E-state index is 11.1. The summed E-state index contributed by atoms with van der Waals surface area (Å²) >= 11 is 0. The SMILES string of the molecule is COC(=O)CCc1cnc(-c2c(C)cccc2C)nc1. The number of aromatic nitrogens is 2. The second-order valence-corrected chi connectivity index (χ2v) is 4.76. The summed E-state index contributed by atoms with van der Waals surface area (Å²) in [6, 6.07) is 6.13. The highest BCUT2D eigenvalue weighted by molar-refractivity contribution is 5.69. The van der Waals surface area contributed by atoms with Gasteiger partial charge < -0.3 is 4.74 Å². The number of carbonyl (C=O) groups excluding carboxylic acids is 1. The van der Waals surface area contributed by atoms with Gasteiger partial charge in [-0.15, -0.1) is 0 Å². The van der Waals surface area contributed by atoms with Gasteiger partial charge in [0.1, 0.15) is 0 Å². The van der Waals surface area contributed by atoms with Gasteiger partial charge in [0, 0.05) is 24.4 Å². The van der Waals surface area contributed by atoms with Gasteiger partial charge in [0.2, 0.25) is 0 Å². The first-order valence-electron chi connectivity index (χ1n) is 6.56. The minimum atomic E-state index is -0.219. The highest BCUT2D eigenvalue weighted by atomic mass is 16.5. The number of aryl methyl sites for hydroxylation is 3. The molecule has 2 rings (SSSR count). The van der Waals surface area contributed by atoms with Crippen LogP contribution in [0.5, 0.6) is 0 Å². The van der Waals surface area contributed by atoms with Crippen molar-refractivity contribution in [2.24, 2.45) is 0 Å². The summed E-state index contributed by atoms with van der Waals surface area (Å²) in [7, 11) is 1.39. The van der Waals surface area contributed by atoms with Crippen molar-refractivity contribution in [3.63, 3.8) is 0 Å². The lowest BCUT2D eigenvalue weighted by Crippen LogP contribution is -2.03. The van der Waals surface area contributed by atoms with Crippen molar-refractivity contribution in [3.8, 4) is 11.4 Å². The molecule has 1 aromatic carbocycles. The Morgan fingerprint density at radius 3 is 2.30 bits per heavy atom. The Morgan fingerprint density at radius 1 is 1.15 bits per heavy atom. The van der Waals surface area contributed by atoms with E-state index in [0.717, 1.165) is 28.1 Å². The van der Waals surface area contributed by atoms with Crippen molar-refractivity contribution in [1.29, 1.82) is 0 Å². The molecule has 4 heteroatoms. The van der Waals surface area contributed by atoms with E-state index in [4.69, 9.17) is 0 Å². The first-order chi connectivity index (χ1) is 9.61. The van der Waals surface area contributed by atoms with Crippen LogP contribution in [0.15, 0.2) is 30.6 Å². The first-order valence-corrected chi connectivity index (χ1v) is 6.56. The van der Waals surface area contributed by atoms with E-state index in [0.29, 0.717) is 12.8 Å². The number of methoxy groups -OCH3 is 1. The molecule has 0 spiro atoms. The molecule has 0 bridgehead atoms. The zero-order valence-electron chi connectivity index (χ0n) is 12.0. The van der Waals surface area contributed by atoms with E-state index < -0.39 is 0 Å². The Labute approximate surface area is 118 Å². The largest absolute Gasteiger partial charge is 0.469 e. The van der Waals surface area contributed by atoms with Crippen LogP contribution in [0.1, 0.15) is 23.1 Å². The quantitative estimate of drug-likeness (QED) is 0.802. The van der Waals surface area contributed by atoms with Crippen molar-refractivity contribution in [2.75, 3.05) is 7.11 Å². The van der Waals surface area contributed by atoms with Gasteiger partial charge in [-0.2, -0.15) is 0 Å². The van der Waals surface area contributed by atoms with Crippen LogP contribution in [0.25, 0.3) is 11.4 Å². The van der Waals surface area contributed by atoms with Crippen LogP contribution in [0.4, 0.5) is 0 Å². The Kier molecular flexibility index (Phi) is 4.45. The molecular weight excluding hydrogens is 252 g/mol. The predicted molar refractivity (Wildman–Crippen MR) is 77.3 cm³/mol. The zero-order valence-corrected chi connectivity index (χ0v) is 12.0. The molecule has 0 saturated heterocycles. The van der Waals surface area contributed by atoms with Crippen LogP contribution in [0, 0.1) is 13.8 Å². The summed E-state index contributed by atoms with van der Waals surface area (Å²) in [6.45, 7) is 4.10. The van der Waals surface area contributed by atoms with E-state index in [2.05, 4.69) is 40.7 Å². The van der Waals surface area contributed by atoms with Gasteiger partial charge >= 0.3 is 5.97 Å². The summed E-state index contributed by atoms with van der Waals surface area (Å²) in [6.07, 6.45) is 4.50. The number of hydrogen-bond acceptors (Lipinski definition) is 4. The monoisotopic (exact) mass is 270 g/mol. The van der Waals surface area contributed by atoms with Crippen molar-refractivity contribution >= 4 is 5.97 Å². The van der Waals surface area contributed by atoms with E-state index in [1.54, 1.807) is 12.4 Å². The third-order valence-electron chi connectivity index (χ3n) is 3.26. The van der Waals surface area contributed by atoms with Crippen LogP contribution in [-0.4, -0.2) is 23.0 Å². The molecule has 4 nitrogen and oxygen atoms in total. The van der Waals surface area contributed by atoms with Gasteiger partial charge in [0.05, 0.1) is 7.11 Å². The van der Waals surface area contributed by atoms with Gasteiger partial charge in [0.15, 0.2) is 5.82 Å². The van der Waals surface area contributed by atoms with Gasteiger partial charge in [-0.3, -0.25) is 4.79 Å². The number of esters is 1. The fraction of sp³-hybridized carbons (Fsp3) is 0.312. The third kappa shape index (κ3) is 3.20. The van der Waals surface area contributed by atoms with Crippen molar-refractivity contribution in [2.45, 2.75) is 26.7 Å². The second-order valence-electron chi connectivity index (χ2n) is 4.76. The Balaban J connectivity index is 2.18. The molecule has 0 amide bonds. The minimum absolute atomic E-state index is 0.219. The third-order valence-corrected chi connectivity index (χ3v) is 3.26. The fourth-order valence-corrected chi connectivity index (χ4v) is 2.13. The normalized spacial score (nSPS) is 10.3. The summed E-state index contributed by atoms with van der Waals surface area (Å²) in [5, 5.41) is 0. The maximum Gasteiger partial charge on any atom is 0.305 e. The minimum Gasteiger partial charge on any atom is -0.469 e. The number of ether oxygens (including phenoxy) is 1. The lowest BCUT2D eigenvalue weighted by atomic mass is 10.0. The number of rotatable bonds is 4. The number of carbonyl (C=O) groups is 1. The van der Waals surface area contributed by atoms with Crippen molar-refractivity contribution in [3.05, 3.63) is 47.3 Å². The van der Waals surface area contributed by atoms with Crippen molar-refractivity contribution < 1.29 is 9.53 Å². The molecular formula is C16H18N2O2. The number of hydrogen-bond donors (Lipinski definition) is 0. The smallest absolute Gasteiger partial charge is 0.305 e. The number of benzene rings is 1. The van der Waals surface area contributed by atoms with E-state index in [9.17, 15) is 4.79 Å². The van der Waals surface area contributed by atoms with Gasteiger partial charge in [0.25, 0.3) is 0 Å². The molecule has 1 heterocycles. The highest BCUT2D eigenvalue weighted by Crippen LogP contribution is 2.23. The second kappa shape index (κ2) is 6.28.